The zero-order valence-electron chi connectivity index (χ0n) is 20.4. The number of para-hydroxylation sites is 1. The number of benzene rings is 2. The minimum atomic E-state index is -3.51. The number of carbonyl (C=O) groups is 1. The van der Waals surface area contributed by atoms with E-state index in [4.69, 9.17) is 4.74 Å². The zero-order chi connectivity index (χ0) is 26.1. The minimum Gasteiger partial charge on any atom is -0.379 e. The first kappa shape index (κ1) is 26.7. The summed E-state index contributed by atoms with van der Waals surface area (Å²) in [6.45, 7) is 6.89. The van der Waals surface area contributed by atoms with E-state index in [0.29, 0.717) is 47.2 Å². The second-order valence-corrected chi connectivity index (χ2v) is 14.4. The first-order valence-electron chi connectivity index (χ1n) is 11.5. The quantitative estimate of drug-likeness (QED) is 0.420. The van der Waals surface area contributed by atoms with Crippen LogP contribution in [0.5, 0.6) is 0 Å². The number of amides is 1. The van der Waals surface area contributed by atoms with Gasteiger partial charge < -0.3 is 4.74 Å². The second kappa shape index (κ2) is 10.5. The topological polar surface area (TPSA) is 114 Å². The smallest absolute Gasteiger partial charge is 0.260 e. The van der Waals surface area contributed by atoms with Crippen LogP contribution in [0.2, 0.25) is 0 Å². The van der Waals surface area contributed by atoms with Gasteiger partial charge in [0.05, 0.1) is 33.0 Å². The van der Waals surface area contributed by atoms with Crippen molar-refractivity contribution in [1.29, 1.82) is 0 Å². The number of nitrogens with zero attached hydrogens (tertiary/aromatic N) is 3. The van der Waals surface area contributed by atoms with Gasteiger partial charge in [-0.05, 0) is 50.2 Å². The molecule has 0 bridgehead atoms. The van der Waals surface area contributed by atoms with Crippen LogP contribution >= 0.6 is 11.3 Å². The Morgan fingerprint density at radius 3 is 2.36 bits per heavy atom. The van der Waals surface area contributed by atoms with E-state index < -0.39 is 24.9 Å². The van der Waals surface area contributed by atoms with Gasteiger partial charge in [0, 0.05) is 38.0 Å². The number of fused-ring (bicyclic) bond motifs is 1. The Morgan fingerprint density at radius 2 is 1.75 bits per heavy atom. The van der Waals surface area contributed by atoms with E-state index in [9.17, 15) is 21.6 Å². The number of aromatic nitrogens is 1. The van der Waals surface area contributed by atoms with Crippen LogP contribution in [-0.4, -0.2) is 83.5 Å². The third-order valence-corrected chi connectivity index (χ3v) is 10.4. The van der Waals surface area contributed by atoms with Crippen LogP contribution in [0, 0.1) is 0 Å². The monoisotopic (exact) mass is 551 g/mol. The Bertz CT molecular complexity index is 1460. The molecular formula is C24H29N3O6S3. The van der Waals surface area contributed by atoms with Crippen LogP contribution < -0.4 is 4.90 Å². The maximum absolute atomic E-state index is 13.7. The van der Waals surface area contributed by atoms with Gasteiger partial charge in [-0.3, -0.25) is 14.6 Å². The molecular weight excluding hydrogens is 522 g/mol. The fourth-order valence-electron chi connectivity index (χ4n) is 3.89. The number of morpholine rings is 1. The molecule has 36 heavy (non-hydrogen) atoms. The maximum atomic E-state index is 13.7. The summed E-state index contributed by atoms with van der Waals surface area (Å²) in [4.78, 5) is 22.2. The fraction of sp³-hybridized carbons (Fsp3) is 0.417. The average molecular weight is 552 g/mol. The van der Waals surface area contributed by atoms with Crippen LogP contribution in [0.4, 0.5) is 5.13 Å². The van der Waals surface area contributed by atoms with Gasteiger partial charge in [-0.15, -0.1) is 0 Å². The highest BCUT2D eigenvalue weighted by Crippen LogP contribution is 2.33. The molecule has 2 aromatic carbocycles. The molecule has 0 spiro atoms. The molecule has 1 aromatic heterocycles. The molecule has 0 atom stereocenters. The van der Waals surface area contributed by atoms with Crippen LogP contribution in [0.15, 0.2) is 52.3 Å². The van der Waals surface area contributed by atoms with Gasteiger partial charge in [-0.2, -0.15) is 0 Å². The summed E-state index contributed by atoms with van der Waals surface area (Å²) >= 11 is 1.25. The first-order chi connectivity index (χ1) is 17.0. The predicted molar refractivity (Wildman–Crippen MR) is 140 cm³/mol. The summed E-state index contributed by atoms with van der Waals surface area (Å²) in [7, 11) is -6.97. The summed E-state index contributed by atoms with van der Waals surface area (Å²) < 4.78 is 55.6. The van der Waals surface area contributed by atoms with Crippen molar-refractivity contribution in [3.63, 3.8) is 0 Å². The van der Waals surface area contributed by atoms with Gasteiger partial charge in [0.15, 0.2) is 24.8 Å². The molecule has 4 rings (SSSR count). The molecule has 0 N–H and O–H groups in total. The van der Waals surface area contributed by atoms with E-state index in [1.54, 1.807) is 26.0 Å². The van der Waals surface area contributed by atoms with Crippen molar-refractivity contribution in [1.82, 2.24) is 9.88 Å². The number of ether oxygens (including phenoxy) is 1. The normalized spacial score (nSPS) is 15.4. The van der Waals surface area contributed by atoms with Gasteiger partial charge in [0.25, 0.3) is 5.91 Å². The molecule has 194 valence electrons. The van der Waals surface area contributed by atoms with Crippen LogP contribution in [0.1, 0.15) is 24.2 Å². The first-order valence-corrected chi connectivity index (χ1v) is 15.8. The molecule has 12 heteroatoms. The standard InChI is InChI=1S/C24H29N3O6S3/c1-17(2)36(31,32)19-9-7-18(8-10-19)23(28)27(12-11-26-13-15-33-16-14-26)24-25-22-20(34-24)5-4-6-21(22)35(3,29)30/h4-10,17H,11-16H2,1-3H3. The summed E-state index contributed by atoms with van der Waals surface area (Å²) in [5, 5.41) is -0.186. The molecule has 0 radical (unpaired) electrons. The molecule has 0 saturated carbocycles. The van der Waals surface area contributed by atoms with E-state index in [1.807, 2.05) is 0 Å². The molecule has 1 aliphatic rings. The Balaban J connectivity index is 1.70. The third kappa shape index (κ3) is 5.62. The number of sulfone groups is 2. The highest BCUT2D eigenvalue weighted by atomic mass is 32.2. The average Bonchev–Trinajstić information content (AvgIpc) is 3.28. The molecule has 1 saturated heterocycles. The van der Waals surface area contributed by atoms with E-state index in [0.717, 1.165) is 19.3 Å². The maximum Gasteiger partial charge on any atom is 0.260 e. The third-order valence-electron chi connectivity index (χ3n) is 6.04. The number of thiazole rings is 1. The van der Waals surface area contributed by atoms with E-state index >= 15 is 0 Å². The highest BCUT2D eigenvalue weighted by molar-refractivity contribution is 7.92. The van der Waals surface area contributed by atoms with E-state index in [-0.39, 0.29) is 15.7 Å². The molecule has 3 aromatic rings. The van der Waals surface area contributed by atoms with Crippen molar-refractivity contribution >= 4 is 52.3 Å². The van der Waals surface area contributed by atoms with Gasteiger partial charge in [0.2, 0.25) is 0 Å². The lowest BCUT2D eigenvalue weighted by Gasteiger charge is -2.29. The van der Waals surface area contributed by atoms with Crippen molar-refractivity contribution in [2.24, 2.45) is 0 Å². The molecule has 1 amide bonds. The highest BCUT2D eigenvalue weighted by Gasteiger charge is 2.26. The van der Waals surface area contributed by atoms with E-state index in [1.165, 1.54) is 46.6 Å². The minimum absolute atomic E-state index is 0.117. The second-order valence-electron chi connectivity index (χ2n) is 8.90. The van der Waals surface area contributed by atoms with Crippen molar-refractivity contribution < 1.29 is 26.4 Å². The molecule has 0 aliphatic carbocycles. The van der Waals surface area contributed by atoms with Crippen LogP contribution in [0.25, 0.3) is 10.2 Å². The lowest BCUT2D eigenvalue weighted by Crippen LogP contribution is -2.43. The number of rotatable bonds is 8. The fourth-order valence-corrected chi connectivity index (χ4v) is 6.87. The van der Waals surface area contributed by atoms with Crippen molar-refractivity contribution in [2.45, 2.75) is 28.9 Å². The predicted octanol–water partition coefficient (Wildman–Crippen LogP) is 2.86. The van der Waals surface area contributed by atoms with Crippen LogP contribution in [-0.2, 0) is 24.4 Å². The van der Waals surface area contributed by atoms with Gasteiger partial charge >= 0.3 is 0 Å². The Labute approximate surface area is 215 Å². The Morgan fingerprint density at radius 1 is 1.08 bits per heavy atom. The summed E-state index contributed by atoms with van der Waals surface area (Å²) in [6.07, 6.45) is 1.13. The molecule has 2 heterocycles. The van der Waals surface area contributed by atoms with Gasteiger partial charge in [-0.25, -0.2) is 21.8 Å². The number of carbonyl (C=O) groups excluding carboxylic acids is 1. The summed E-state index contributed by atoms with van der Waals surface area (Å²) in [5.74, 6) is -0.336. The molecule has 1 aliphatic heterocycles. The van der Waals surface area contributed by atoms with Crippen LogP contribution in [0.3, 0.4) is 0 Å². The van der Waals surface area contributed by atoms with Gasteiger partial charge in [-0.1, -0.05) is 17.4 Å². The Hall–Kier alpha value is -2.38. The molecule has 0 unspecified atom stereocenters. The van der Waals surface area contributed by atoms with E-state index in [2.05, 4.69) is 9.88 Å². The lowest BCUT2D eigenvalue weighted by atomic mass is 10.2. The zero-order valence-corrected chi connectivity index (χ0v) is 22.8. The molecule has 9 nitrogen and oxygen atoms in total. The SMILES string of the molecule is CC(C)S(=O)(=O)c1ccc(C(=O)N(CCN2CCOCC2)c2nc3c(S(C)(=O)=O)cccc3s2)cc1. The van der Waals surface area contributed by atoms with Crippen molar-refractivity contribution in [3.05, 3.63) is 48.0 Å². The number of hydrogen-bond acceptors (Lipinski definition) is 9. The molecule has 1 fully saturated rings. The summed E-state index contributed by atoms with van der Waals surface area (Å²) in [5.41, 5.74) is 0.657. The number of anilines is 1. The van der Waals surface area contributed by atoms with Crippen molar-refractivity contribution in [2.75, 3.05) is 50.5 Å². The largest absolute Gasteiger partial charge is 0.379 e. The van der Waals surface area contributed by atoms with Gasteiger partial charge in [0.1, 0.15) is 5.52 Å². The lowest BCUT2D eigenvalue weighted by molar-refractivity contribution is 0.0391. The van der Waals surface area contributed by atoms with Crippen molar-refractivity contribution in [3.8, 4) is 0 Å². The Kier molecular flexibility index (Phi) is 7.81. The number of hydrogen-bond donors (Lipinski definition) is 0. The summed E-state index contributed by atoms with van der Waals surface area (Å²) in [6, 6.07) is 10.9.